The van der Waals surface area contributed by atoms with Crippen LogP contribution in [-0.4, -0.2) is 54.0 Å². The van der Waals surface area contributed by atoms with Crippen molar-refractivity contribution in [1.29, 1.82) is 0 Å². The maximum atomic E-state index is 10.3. The number of ether oxygens (including phenoxy) is 3. The van der Waals surface area contributed by atoms with E-state index in [0.717, 1.165) is 0 Å². The van der Waals surface area contributed by atoms with Gasteiger partial charge in [0, 0.05) is 0 Å². The number of rotatable bonds is 3. The zero-order valence-corrected chi connectivity index (χ0v) is 7.98. The predicted molar refractivity (Wildman–Crippen MR) is 44.2 cm³/mol. The molecular weight excluding hydrogens is 226 g/mol. The highest BCUT2D eigenvalue weighted by Crippen LogP contribution is 2.30. The topological polar surface area (TPSA) is 117 Å². The van der Waals surface area contributed by atoms with Crippen molar-refractivity contribution >= 4 is 6.16 Å². The van der Waals surface area contributed by atoms with E-state index in [1.54, 1.807) is 0 Å². The summed E-state index contributed by atoms with van der Waals surface area (Å²) in [6, 6.07) is 0. The lowest BCUT2D eigenvalue weighted by molar-refractivity contribution is -0.769. The van der Waals surface area contributed by atoms with Gasteiger partial charge in [0.1, 0.15) is 12.2 Å². The summed E-state index contributed by atoms with van der Waals surface area (Å²) in [5.74, 6) is 0. The summed E-state index contributed by atoms with van der Waals surface area (Å²) >= 11 is 0. The molecule has 0 aliphatic carbocycles. The number of nitrogens with zero attached hydrogens (tertiary/aromatic N) is 1. The lowest BCUT2D eigenvalue weighted by Crippen LogP contribution is -2.35. The molecule has 0 spiro atoms. The van der Waals surface area contributed by atoms with Gasteiger partial charge in [-0.05, 0) is 0 Å². The monoisotopic (exact) mass is 235 g/mol. The second-order valence-corrected chi connectivity index (χ2v) is 3.39. The summed E-state index contributed by atoms with van der Waals surface area (Å²) in [6.07, 6.45) is -4.32. The maximum absolute atomic E-state index is 10.3. The van der Waals surface area contributed by atoms with Crippen LogP contribution in [0.5, 0.6) is 0 Å². The molecule has 2 fully saturated rings. The first-order chi connectivity index (χ1) is 7.58. The zero-order valence-electron chi connectivity index (χ0n) is 7.98. The van der Waals surface area contributed by atoms with Gasteiger partial charge in [0.2, 0.25) is 0 Å². The largest absolute Gasteiger partial charge is 0.506 e. The highest BCUT2D eigenvalue weighted by Gasteiger charge is 2.51. The molecule has 0 saturated carbocycles. The molecule has 2 rings (SSSR count). The molecule has 1 N–H and O–H groups in total. The molecule has 9 heteroatoms. The number of fused-ring (bicyclic) bond motifs is 1. The Morgan fingerprint density at radius 3 is 2.44 bits per heavy atom. The Morgan fingerprint density at radius 1 is 1.31 bits per heavy atom. The molecule has 2 aliphatic heterocycles. The summed E-state index contributed by atoms with van der Waals surface area (Å²) in [6.45, 7) is -0.00496. The van der Waals surface area contributed by atoms with Crippen LogP contribution in [0.1, 0.15) is 0 Å². The van der Waals surface area contributed by atoms with Gasteiger partial charge in [-0.25, -0.2) is 4.79 Å². The van der Waals surface area contributed by atoms with E-state index in [-0.39, 0.29) is 13.2 Å². The molecule has 0 aromatic rings. The molecule has 0 radical (unpaired) electrons. The van der Waals surface area contributed by atoms with Gasteiger partial charge in [-0.2, -0.15) is 0 Å². The normalized spacial score (nSPS) is 36.8. The van der Waals surface area contributed by atoms with E-state index in [4.69, 9.17) is 14.6 Å². The summed E-state index contributed by atoms with van der Waals surface area (Å²) in [7, 11) is 0. The SMILES string of the molecule is O=C(O)O[C@@H]1CO[C@H]2[C@@H]1OC[C@H]2O[N+](=O)[O-]. The molecule has 2 saturated heterocycles. The van der Waals surface area contributed by atoms with Gasteiger partial charge in [0.15, 0.2) is 12.2 Å². The predicted octanol–water partition coefficient (Wildman–Crippen LogP) is -0.576. The second-order valence-electron chi connectivity index (χ2n) is 3.39. The molecule has 16 heavy (non-hydrogen) atoms. The molecule has 2 heterocycles. The fraction of sp³-hybridized carbons (Fsp3) is 0.857. The third-order valence-corrected chi connectivity index (χ3v) is 2.44. The minimum atomic E-state index is -1.43. The minimum Gasteiger partial charge on any atom is -0.450 e. The lowest BCUT2D eigenvalue weighted by atomic mass is 10.1. The van der Waals surface area contributed by atoms with Crippen LogP contribution in [0.3, 0.4) is 0 Å². The Balaban J connectivity index is 1.95. The van der Waals surface area contributed by atoms with Gasteiger partial charge in [0.25, 0.3) is 5.09 Å². The van der Waals surface area contributed by atoms with Crippen molar-refractivity contribution in [1.82, 2.24) is 0 Å². The van der Waals surface area contributed by atoms with Crippen molar-refractivity contribution in [2.45, 2.75) is 24.4 Å². The van der Waals surface area contributed by atoms with Gasteiger partial charge >= 0.3 is 6.16 Å². The van der Waals surface area contributed by atoms with E-state index in [1.165, 1.54) is 0 Å². The van der Waals surface area contributed by atoms with Crippen LogP contribution in [-0.2, 0) is 19.0 Å². The van der Waals surface area contributed by atoms with E-state index in [0.29, 0.717) is 0 Å². The first-order valence-corrected chi connectivity index (χ1v) is 4.52. The Morgan fingerprint density at radius 2 is 1.88 bits per heavy atom. The van der Waals surface area contributed by atoms with Crippen LogP contribution < -0.4 is 0 Å². The lowest BCUT2D eigenvalue weighted by Gasteiger charge is -2.14. The quantitative estimate of drug-likeness (QED) is 0.392. The van der Waals surface area contributed by atoms with Crippen LogP contribution in [0.2, 0.25) is 0 Å². The van der Waals surface area contributed by atoms with Crippen molar-refractivity contribution in [2.24, 2.45) is 0 Å². The van der Waals surface area contributed by atoms with Crippen molar-refractivity contribution in [3.05, 3.63) is 10.1 Å². The second kappa shape index (κ2) is 4.10. The summed E-state index contributed by atoms with van der Waals surface area (Å²) in [5, 5.41) is 17.7. The first-order valence-electron chi connectivity index (χ1n) is 4.52. The van der Waals surface area contributed by atoms with Gasteiger partial charge < -0.3 is 24.2 Å². The van der Waals surface area contributed by atoms with Gasteiger partial charge in [-0.1, -0.05) is 0 Å². The number of hydrogen-bond acceptors (Lipinski definition) is 7. The number of carboxylic acid groups (broad SMARTS) is 1. The van der Waals surface area contributed by atoms with Crippen LogP contribution in [0.4, 0.5) is 4.79 Å². The molecule has 4 atom stereocenters. The Labute approximate surface area is 88.9 Å². The molecule has 0 amide bonds. The third kappa shape index (κ3) is 1.99. The highest BCUT2D eigenvalue weighted by molar-refractivity contribution is 5.57. The van der Waals surface area contributed by atoms with Crippen LogP contribution >= 0.6 is 0 Å². The van der Waals surface area contributed by atoms with E-state index in [9.17, 15) is 14.9 Å². The number of carbonyl (C=O) groups is 1. The average molecular weight is 235 g/mol. The summed E-state index contributed by atoms with van der Waals surface area (Å²) in [5.41, 5.74) is 0. The van der Waals surface area contributed by atoms with E-state index >= 15 is 0 Å². The Hall–Kier alpha value is -1.61. The molecule has 90 valence electrons. The highest BCUT2D eigenvalue weighted by atomic mass is 17.0. The fourth-order valence-electron chi connectivity index (χ4n) is 1.86. The Bertz CT molecular complexity index is 277. The minimum absolute atomic E-state index is 0.0131. The van der Waals surface area contributed by atoms with Gasteiger partial charge in [-0.15, -0.1) is 10.1 Å². The van der Waals surface area contributed by atoms with Crippen LogP contribution in [0.15, 0.2) is 0 Å². The molecule has 9 nitrogen and oxygen atoms in total. The van der Waals surface area contributed by atoms with Crippen LogP contribution in [0.25, 0.3) is 0 Å². The van der Waals surface area contributed by atoms with Crippen molar-refractivity contribution in [3.8, 4) is 0 Å². The van der Waals surface area contributed by atoms with Gasteiger partial charge in [-0.3, -0.25) is 0 Å². The zero-order chi connectivity index (χ0) is 11.7. The van der Waals surface area contributed by atoms with Crippen LogP contribution in [0, 0.1) is 10.1 Å². The fourth-order valence-corrected chi connectivity index (χ4v) is 1.86. The summed E-state index contributed by atoms with van der Waals surface area (Å²) < 4.78 is 14.8. The molecule has 0 aromatic carbocycles. The van der Waals surface area contributed by atoms with Crippen molar-refractivity contribution < 1.29 is 34.0 Å². The Kier molecular flexibility index (Phi) is 2.79. The van der Waals surface area contributed by atoms with E-state index < -0.39 is 35.7 Å². The smallest absolute Gasteiger partial charge is 0.450 e. The molecular formula is C7H9NO8. The van der Waals surface area contributed by atoms with E-state index in [2.05, 4.69) is 9.57 Å². The first kappa shape index (κ1) is 10.9. The third-order valence-electron chi connectivity index (χ3n) is 2.44. The number of hydrogen-bond donors (Lipinski definition) is 1. The van der Waals surface area contributed by atoms with Gasteiger partial charge in [0.05, 0.1) is 13.2 Å². The van der Waals surface area contributed by atoms with Crippen molar-refractivity contribution in [3.63, 3.8) is 0 Å². The molecule has 2 aliphatic rings. The molecule has 0 aromatic heterocycles. The van der Waals surface area contributed by atoms with Crippen molar-refractivity contribution in [2.75, 3.05) is 13.2 Å². The molecule has 0 bridgehead atoms. The summed E-state index contributed by atoms with van der Waals surface area (Å²) in [4.78, 5) is 24.8. The maximum Gasteiger partial charge on any atom is 0.506 e. The average Bonchev–Trinajstić information content (AvgIpc) is 2.70. The molecule has 0 unspecified atom stereocenters. The van der Waals surface area contributed by atoms with E-state index in [1.807, 2.05) is 0 Å². The standard InChI is InChI=1S/C7H9NO8/c9-7(10)15-3-1-13-6-4(16-8(11)12)2-14-5(3)6/h3-6H,1-2H2,(H,9,10)/t3-,4-,5-,6-/m1/s1.